The van der Waals surface area contributed by atoms with Crippen LogP contribution in [-0.2, 0) is 13.2 Å². The Morgan fingerprint density at radius 2 is 1.44 bits per heavy atom. The number of hydrogen-bond acceptors (Lipinski definition) is 2. The van der Waals surface area contributed by atoms with Crippen molar-refractivity contribution in [1.82, 2.24) is 0 Å². The molecule has 18 heavy (non-hydrogen) atoms. The van der Waals surface area contributed by atoms with Crippen LogP contribution in [0, 0.1) is 11.6 Å². The van der Waals surface area contributed by atoms with Gasteiger partial charge in [0.25, 0.3) is 0 Å². The molecule has 1 N–H and O–H groups in total. The molecular weight excluding hydrogens is 238 g/mol. The second-order valence-corrected chi connectivity index (χ2v) is 3.81. The highest BCUT2D eigenvalue weighted by Gasteiger charge is 2.09. The molecule has 0 heterocycles. The molecule has 0 aliphatic carbocycles. The smallest absolute Gasteiger partial charge is 0.191 e. The van der Waals surface area contributed by atoms with Gasteiger partial charge in [-0.2, -0.15) is 0 Å². The highest BCUT2D eigenvalue weighted by atomic mass is 19.1. The molecule has 94 valence electrons. The molecule has 0 spiro atoms. The Balaban J connectivity index is 2.06. The molecule has 0 saturated carbocycles. The van der Waals surface area contributed by atoms with Crippen molar-refractivity contribution >= 4 is 0 Å². The zero-order valence-corrected chi connectivity index (χ0v) is 9.57. The van der Waals surface area contributed by atoms with Gasteiger partial charge in [-0.15, -0.1) is 0 Å². The van der Waals surface area contributed by atoms with Crippen LogP contribution in [0.5, 0.6) is 5.75 Å². The largest absolute Gasteiger partial charge is 0.483 e. The maximum atomic E-state index is 13.3. The van der Waals surface area contributed by atoms with Crippen molar-refractivity contribution in [2.24, 2.45) is 0 Å². The summed E-state index contributed by atoms with van der Waals surface area (Å²) in [4.78, 5) is 0. The average molecular weight is 250 g/mol. The van der Waals surface area contributed by atoms with Gasteiger partial charge in [-0.1, -0.05) is 30.3 Å². The van der Waals surface area contributed by atoms with Crippen LogP contribution in [0.2, 0.25) is 0 Å². The number of hydrogen-bond donors (Lipinski definition) is 1. The first-order valence-corrected chi connectivity index (χ1v) is 5.46. The normalized spacial score (nSPS) is 10.4. The fourth-order valence-corrected chi connectivity index (χ4v) is 1.52. The SMILES string of the molecule is OCc1ccc(COc2c(F)cccc2F)cc1. The molecule has 0 radical (unpaired) electrons. The topological polar surface area (TPSA) is 29.5 Å². The lowest BCUT2D eigenvalue weighted by atomic mass is 10.1. The van der Waals surface area contributed by atoms with Crippen LogP contribution in [-0.4, -0.2) is 5.11 Å². The van der Waals surface area contributed by atoms with Crippen molar-refractivity contribution in [3.63, 3.8) is 0 Å². The maximum absolute atomic E-state index is 13.3. The van der Waals surface area contributed by atoms with Gasteiger partial charge < -0.3 is 9.84 Å². The first-order chi connectivity index (χ1) is 8.70. The van der Waals surface area contributed by atoms with Gasteiger partial charge in [0.15, 0.2) is 17.4 Å². The highest BCUT2D eigenvalue weighted by molar-refractivity contribution is 5.27. The third-order valence-corrected chi connectivity index (χ3v) is 2.51. The molecule has 0 unspecified atom stereocenters. The van der Waals surface area contributed by atoms with Crippen molar-refractivity contribution in [2.75, 3.05) is 0 Å². The minimum Gasteiger partial charge on any atom is -0.483 e. The molecule has 0 bridgehead atoms. The third-order valence-electron chi connectivity index (χ3n) is 2.51. The zero-order chi connectivity index (χ0) is 13.0. The second-order valence-electron chi connectivity index (χ2n) is 3.81. The lowest BCUT2D eigenvalue weighted by Crippen LogP contribution is -2.00. The standard InChI is InChI=1S/C14H12F2O2/c15-12-2-1-3-13(16)14(12)18-9-11-6-4-10(8-17)5-7-11/h1-7,17H,8-9H2. The number of halogens is 2. The van der Waals surface area contributed by atoms with Crippen molar-refractivity contribution in [1.29, 1.82) is 0 Å². The minimum atomic E-state index is -0.720. The van der Waals surface area contributed by atoms with Crippen molar-refractivity contribution < 1.29 is 18.6 Å². The molecule has 0 aromatic heterocycles. The lowest BCUT2D eigenvalue weighted by molar-refractivity contribution is 0.273. The van der Waals surface area contributed by atoms with E-state index in [1.165, 1.54) is 6.07 Å². The maximum Gasteiger partial charge on any atom is 0.191 e. The van der Waals surface area contributed by atoms with Gasteiger partial charge in [-0.05, 0) is 23.3 Å². The number of para-hydroxylation sites is 1. The summed E-state index contributed by atoms with van der Waals surface area (Å²) in [5.74, 6) is -1.81. The van der Waals surface area contributed by atoms with E-state index in [0.717, 1.165) is 23.3 Å². The lowest BCUT2D eigenvalue weighted by Gasteiger charge is -2.08. The van der Waals surface area contributed by atoms with Gasteiger partial charge in [-0.25, -0.2) is 8.78 Å². The van der Waals surface area contributed by atoms with Crippen LogP contribution in [0.1, 0.15) is 11.1 Å². The molecule has 0 fully saturated rings. The van der Waals surface area contributed by atoms with E-state index in [0.29, 0.717) is 0 Å². The fraction of sp³-hybridized carbons (Fsp3) is 0.143. The molecule has 0 atom stereocenters. The number of aliphatic hydroxyl groups is 1. The van der Waals surface area contributed by atoms with Gasteiger partial charge >= 0.3 is 0 Å². The summed E-state index contributed by atoms with van der Waals surface area (Å²) < 4.78 is 31.7. The van der Waals surface area contributed by atoms with Crippen LogP contribution >= 0.6 is 0 Å². The predicted octanol–water partition coefficient (Wildman–Crippen LogP) is 3.04. The van der Waals surface area contributed by atoms with Crippen molar-refractivity contribution in [3.8, 4) is 5.75 Å². The van der Waals surface area contributed by atoms with Gasteiger partial charge in [0.05, 0.1) is 6.61 Å². The summed E-state index contributed by atoms with van der Waals surface area (Å²) >= 11 is 0. The Hall–Kier alpha value is -1.94. The van der Waals surface area contributed by atoms with E-state index in [9.17, 15) is 8.78 Å². The Kier molecular flexibility index (Phi) is 3.89. The Bertz CT molecular complexity index is 504. The number of aliphatic hydroxyl groups excluding tert-OH is 1. The summed E-state index contributed by atoms with van der Waals surface area (Å²) in [6.45, 7) is 0.0344. The average Bonchev–Trinajstić information content (AvgIpc) is 2.39. The van der Waals surface area contributed by atoms with Crippen LogP contribution in [0.15, 0.2) is 42.5 Å². The second kappa shape index (κ2) is 5.60. The van der Waals surface area contributed by atoms with Gasteiger partial charge in [-0.3, -0.25) is 0 Å². The van der Waals surface area contributed by atoms with Gasteiger partial charge in [0, 0.05) is 0 Å². The molecule has 0 aliphatic heterocycles. The number of rotatable bonds is 4. The van der Waals surface area contributed by atoms with E-state index in [-0.39, 0.29) is 19.0 Å². The Morgan fingerprint density at radius 1 is 0.889 bits per heavy atom. The molecule has 2 aromatic carbocycles. The quantitative estimate of drug-likeness (QED) is 0.903. The van der Waals surface area contributed by atoms with E-state index >= 15 is 0 Å². The summed E-state index contributed by atoms with van der Waals surface area (Å²) in [7, 11) is 0. The predicted molar refractivity (Wildman–Crippen MR) is 63.1 cm³/mol. The Morgan fingerprint density at radius 3 is 2.00 bits per heavy atom. The van der Waals surface area contributed by atoms with Crippen LogP contribution in [0.25, 0.3) is 0 Å². The van der Waals surface area contributed by atoms with Crippen molar-refractivity contribution in [3.05, 3.63) is 65.2 Å². The van der Waals surface area contributed by atoms with Crippen LogP contribution < -0.4 is 4.74 Å². The summed E-state index contributed by atoms with van der Waals surface area (Å²) in [6.07, 6.45) is 0. The first kappa shape index (κ1) is 12.5. The van der Waals surface area contributed by atoms with E-state index in [2.05, 4.69) is 0 Å². The van der Waals surface area contributed by atoms with E-state index in [1.807, 2.05) is 0 Å². The monoisotopic (exact) mass is 250 g/mol. The molecule has 0 amide bonds. The molecule has 2 nitrogen and oxygen atoms in total. The molecule has 2 rings (SSSR count). The minimum absolute atomic E-state index is 0.0386. The summed E-state index contributed by atoms with van der Waals surface area (Å²) in [5, 5.41) is 8.88. The van der Waals surface area contributed by atoms with E-state index in [1.54, 1.807) is 24.3 Å². The first-order valence-electron chi connectivity index (χ1n) is 5.46. The molecule has 0 aliphatic rings. The number of ether oxygens (including phenoxy) is 1. The zero-order valence-electron chi connectivity index (χ0n) is 9.57. The molecule has 4 heteroatoms. The fourth-order valence-electron chi connectivity index (χ4n) is 1.52. The van der Waals surface area contributed by atoms with Crippen molar-refractivity contribution in [2.45, 2.75) is 13.2 Å². The third kappa shape index (κ3) is 2.84. The summed E-state index contributed by atoms with van der Waals surface area (Å²) in [5.41, 5.74) is 1.55. The highest BCUT2D eigenvalue weighted by Crippen LogP contribution is 2.22. The van der Waals surface area contributed by atoms with E-state index in [4.69, 9.17) is 9.84 Å². The molecule has 2 aromatic rings. The van der Waals surface area contributed by atoms with Crippen LogP contribution in [0.3, 0.4) is 0 Å². The van der Waals surface area contributed by atoms with E-state index < -0.39 is 11.6 Å². The van der Waals surface area contributed by atoms with Crippen LogP contribution in [0.4, 0.5) is 8.78 Å². The Labute approximate surface area is 103 Å². The van der Waals surface area contributed by atoms with Gasteiger partial charge in [0.2, 0.25) is 0 Å². The van der Waals surface area contributed by atoms with Gasteiger partial charge in [0.1, 0.15) is 6.61 Å². The number of benzene rings is 2. The summed E-state index contributed by atoms with van der Waals surface area (Å²) in [6, 6.07) is 10.5. The molecule has 0 saturated heterocycles. The molecular formula is C14H12F2O2.